The van der Waals surface area contributed by atoms with Crippen molar-refractivity contribution in [2.24, 2.45) is 0 Å². The predicted octanol–water partition coefficient (Wildman–Crippen LogP) is 3.93. The van der Waals surface area contributed by atoms with Crippen LogP contribution >= 0.6 is 0 Å². The van der Waals surface area contributed by atoms with Gasteiger partial charge < -0.3 is 14.5 Å². The smallest absolute Gasteiger partial charge is 0.247 e. The van der Waals surface area contributed by atoms with E-state index in [0.717, 1.165) is 28.1 Å². The Morgan fingerprint density at radius 1 is 1.08 bits per heavy atom. The molecule has 26 heavy (non-hydrogen) atoms. The molecule has 0 saturated heterocycles. The van der Waals surface area contributed by atoms with Gasteiger partial charge in [-0.15, -0.1) is 10.2 Å². The Balaban J connectivity index is 1.60. The van der Waals surface area contributed by atoms with Crippen molar-refractivity contribution in [3.05, 3.63) is 59.5 Å². The van der Waals surface area contributed by atoms with Gasteiger partial charge in [0.2, 0.25) is 17.7 Å². The number of carbonyl (C=O) groups excluding carboxylic acids is 1. The van der Waals surface area contributed by atoms with Crippen LogP contribution in [0.5, 0.6) is 5.75 Å². The van der Waals surface area contributed by atoms with E-state index in [-0.39, 0.29) is 12.3 Å². The minimum absolute atomic E-state index is 0.0772. The molecule has 0 radical (unpaired) electrons. The van der Waals surface area contributed by atoms with Crippen LogP contribution in [-0.2, 0) is 11.2 Å². The van der Waals surface area contributed by atoms with Gasteiger partial charge in [0.25, 0.3) is 0 Å². The van der Waals surface area contributed by atoms with Gasteiger partial charge in [-0.2, -0.15) is 0 Å². The molecule has 1 aromatic heterocycles. The molecule has 0 aliphatic heterocycles. The first-order valence-corrected chi connectivity index (χ1v) is 8.39. The first-order valence-electron chi connectivity index (χ1n) is 8.39. The molecule has 3 rings (SSSR count). The SMILES string of the molecule is COc1ccc(-c2nnc(CCC(=O)Nc3c(C)cccc3C)o2)cc1. The highest BCUT2D eigenvalue weighted by molar-refractivity contribution is 5.92. The van der Waals surface area contributed by atoms with Crippen molar-refractivity contribution in [1.29, 1.82) is 0 Å². The van der Waals surface area contributed by atoms with E-state index in [1.807, 2.05) is 56.3 Å². The maximum atomic E-state index is 12.2. The molecule has 1 N–H and O–H groups in total. The Morgan fingerprint density at radius 3 is 2.42 bits per heavy atom. The number of carbonyl (C=O) groups is 1. The standard InChI is InChI=1S/C20H21N3O3/c1-13-5-4-6-14(2)19(13)21-17(24)11-12-18-22-23-20(26-18)15-7-9-16(25-3)10-8-15/h4-10H,11-12H2,1-3H3,(H,21,24). The van der Waals surface area contributed by atoms with Crippen LogP contribution in [0.4, 0.5) is 5.69 Å². The number of methoxy groups -OCH3 is 1. The van der Waals surface area contributed by atoms with Crippen molar-refractivity contribution in [1.82, 2.24) is 10.2 Å². The van der Waals surface area contributed by atoms with Gasteiger partial charge in [-0.1, -0.05) is 18.2 Å². The summed E-state index contributed by atoms with van der Waals surface area (Å²) < 4.78 is 10.8. The Bertz CT molecular complexity index is 881. The summed E-state index contributed by atoms with van der Waals surface area (Å²) >= 11 is 0. The Hall–Kier alpha value is -3.15. The zero-order chi connectivity index (χ0) is 18.5. The maximum Gasteiger partial charge on any atom is 0.247 e. The summed E-state index contributed by atoms with van der Waals surface area (Å²) in [5, 5.41) is 11.0. The number of rotatable bonds is 6. The summed E-state index contributed by atoms with van der Waals surface area (Å²) in [6.07, 6.45) is 0.665. The molecule has 0 fully saturated rings. The number of ether oxygens (including phenoxy) is 1. The lowest BCUT2D eigenvalue weighted by Gasteiger charge is -2.10. The van der Waals surface area contributed by atoms with E-state index in [4.69, 9.17) is 9.15 Å². The third kappa shape index (κ3) is 4.08. The van der Waals surface area contributed by atoms with Gasteiger partial charge in [0.05, 0.1) is 7.11 Å². The largest absolute Gasteiger partial charge is 0.497 e. The van der Waals surface area contributed by atoms with Gasteiger partial charge in [0, 0.05) is 24.1 Å². The molecule has 6 nitrogen and oxygen atoms in total. The summed E-state index contributed by atoms with van der Waals surface area (Å²) in [5.41, 5.74) is 3.75. The van der Waals surface area contributed by atoms with Gasteiger partial charge in [0.15, 0.2) is 0 Å². The minimum atomic E-state index is -0.0772. The van der Waals surface area contributed by atoms with E-state index in [1.54, 1.807) is 7.11 Å². The van der Waals surface area contributed by atoms with Crippen LogP contribution in [0.25, 0.3) is 11.5 Å². The highest BCUT2D eigenvalue weighted by atomic mass is 16.5. The fraction of sp³-hybridized carbons (Fsp3) is 0.250. The highest BCUT2D eigenvalue weighted by Gasteiger charge is 2.12. The number of hydrogen-bond donors (Lipinski definition) is 1. The molecule has 1 heterocycles. The molecule has 0 aliphatic carbocycles. The first-order chi connectivity index (χ1) is 12.6. The average molecular weight is 351 g/mol. The van der Waals surface area contributed by atoms with Crippen LogP contribution in [0.3, 0.4) is 0 Å². The van der Waals surface area contributed by atoms with Crippen LogP contribution in [0.2, 0.25) is 0 Å². The van der Waals surface area contributed by atoms with Crippen LogP contribution in [0, 0.1) is 13.8 Å². The Morgan fingerprint density at radius 2 is 1.77 bits per heavy atom. The van der Waals surface area contributed by atoms with Crippen molar-refractivity contribution in [3.63, 3.8) is 0 Å². The molecular formula is C20H21N3O3. The van der Waals surface area contributed by atoms with Crippen molar-refractivity contribution >= 4 is 11.6 Å². The monoisotopic (exact) mass is 351 g/mol. The third-order valence-corrected chi connectivity index (χ3v) is 4.12. The number of nitrogens with zero attached hydrogens (tertiary/aromatic N) is 2. The molecule has 134 valence electrons. The summed E-state index contributed by atoms with van der Waals surface area (Å²) in [7, 11) is 1.61. The predicted molar refractivity (Wildman–Crippen MR) is 99.2 cm³/mol. The fourth-order valence-electron chi connectivity index (χ4n) is 2.64. The van der Waals surface area contributed by atoms with E-state index in [2.05, 4.69) is 15.5 Å². The van der Waals surface area contributed by atoms with Gasteiger partial charge in [-0.25, -0.2) is 0 Å². The lowest BCUT2D eigenvalue weighted by atomic mass is 10.1. The summed E-state index contributed by atoms with van der Waals surface area (Å²) in [6.45, 7) is 3.95. The van der Waals surface area contributed by atoms with Gasteiger partial charge >= 0.3 is 0 Å². The number of amides is 1. The molecule has 0 bridgehead atoms. The lowest BCUT2D eigenvalue weighted by Crippen LogP contribution is -2.14. The lowest BCUT2D eigenvalue weighted by molar-refractivity contribution is -0.116. The second-order valence-electron chi connectivity index (χ2n) is 6.04. The number of benzene rings is 2. The maximum absolute atomic E-state index is 12.2. The average Bonchev–Trinajstić information content (AvgIpc) is 3.12. The second-order valence-corrected chi connectivity index (χ2v) is 6.04. The van der Waals surface area contributed by atoms with Crippen LogP contribution in [0.15, 0.2) is 46.9 Å². The van der Waals surface area contributed by atoms with Crippen LogP contribution < -0.4 is 10.1 Å². The van der Waals surface area contributed by atoms with E-state index >= 15 is 0 Å². The number of aryl methyl sites for hydroxylation is 3. The van der Waals surface area contributed by atoms with Crippen LogP contribution in [-0.4, -0.2) is 23.2 Å². The van der Waals surface area contributed by atoms with Crippen LogP contribution in [0.1, 0.15) is 23.4 Å². The fourth-order valence-corrected chi connectivity index (χ4v) is 2.64. The normalized spacial score (nSPS) is 10.6. The van der Waals surface area contributed by atoms with E-state index in [9.17, 15) is 4.79 Å². The van der Waals surface area contributed by atoms with Crippen molar-refractivity contribution in [2.45, 2.75) is 26.7 Å². The number of anilines is 1. The molecule has 2 aromatic carbocycles. The molecule has 6 heteroatoms. The van der Waals surface area contributed by atoms with Gasteiger partial charge in [-0.3, -0.25) is 4.79 Å². The molecule has 1 amide bonds. The Kier molecular flexibility index (Phi) is 5.31. The summed E-state index contributed by atoms with van der Waals surface area (Å²) in [6, 6.07) is 13.3. The second kappa shape index (κ2) is 7.82. The number of hydrogen-bond acceptors (Lipinski definition) is 5. The zero-order valence-electron chi connectivity index (χ0n) is 15.1. The first kappa shape index (κ1) is 17.7. The van der Waals surface area contributed by atoms with Gasteiger partial charge in [0.1, 0.15) is 5.75 Å². The number of nitrogens with one attached hydrogen (secondary N) is 1. The highest BCUT2D eigenvalue weighted by Crippen LogP contribution is 2.22. The molecular weight excluding hydrogens is 330 g/mol. The summed E-state index contributed by atoms with van der Waals surface area (Å²) in [4.78, 5) is 12.2. The van der Waals surface area contributed by atoms with Crippen molar-refractivity contribution < 1.29 is 13.9 Å². The molecule has 0 unspecified atom stereocenters. The summed E-state index contributed by atoms with van der Waals surface area (Å²) in [5.74, 6) is 1.55. The van der Waals surface area contributed by atoms with Crippen molar-refractivity contribution in [3.8, 4) is 17.2 Å². The molecule has 3 aromatic rings. The molecule has 0 saturated carbocycles. The zero-order valence-corrected chi connectivity index (χ0v) is 15.1. The molecule has 0 spiro atoms. The number of aromatic nitrogens is 2. The number of para-hydroxylation sites is 1. The van der Waals surface area contributed by atoms with Gasteiger partial charge in [-0.05, 0) is 49.2 Å². The van der Waals surface area contributed by atoms with Crippen molar-refractivity contribution in [2.75, 3.05) is 12.4 Å². The van der Waals surface area contributed by atoms with E-state index < -0.39 is 0 Å². The topological polar surface area (TPSA) is 77.2 Å². The Labute approximate surface area is 152 Å². The molecule has 0 aliphatic rings. The minimum Gasteiger partial charge on any atom is -0.497 e. The third-order valence-electron chi connectivity index (χ3n) is 4.12. The van der Waals surface area contributed by atoms with E-state index in [1.165, 1.54) is 0 Å². The molecule has 0 atom stereocenters. The van der Waals surface area contributed by atoms with E-state index in [0.29, 0.717) is 18.2 Å². The quantitative estimate of drug-likeness (QED) is 0.728.